The Labute approximate surface area is 143 Å². The molecule has 0 aliphatic carbocycles. The van der Waals surface area contributed by atoms with Crippen LogP contribution < -0.4 is 14.8 Å². The van der Waals surface area contributed by atoms with Gasteiger partial charge in [-0.1, -0.05) is 6.07 Å². The van der Waals surface area contributed by atoms with Crippen LogP contribution in [-0.4, -0.2) is 28.9 Å². The van der Waals surface area contributed by atoms with Crippen molar-refractivity contribution >= 4 is 21.8 Å². The van der Waals surface area contributed by atoms with E-state index >= 15 is 0 Å². The zero-order chi connectivity index (χ0) is 16.7. The summed E-state index contributed by atoms with van der Waals surface area (Å²) >= 11 is 3.30. The van der Waals surface area contributed by atoms with Crippen LogP contribution in [0.4, 0.5) is 0 Å². The Morgan fingerprint density at radius 3 is 2.65 bits per heavy atom. The first-order valence-corrected chi connectivity index (χ1v) is 8.24. The number of halogens is 1. The van der Waals surface area contributed by atoms with Crippen LogP contribution in [0.3, 0.4) is 0 Å². The first kappa shape index (κ1) is 17.3. The summed E-state index contributed by atoms with van der Waals surface area (Å²) in [5.41, 5.74) is 0.951. The van der Waals surface area contributed by atoms with Crippen LogP contribution in [0, 0.1) is 0 Å². The smallest absolute Gasteiger partial charge is 0.241 e. The number of ether oxygens (including phenoxy) is 2. The molecule has 1 amide bonds. The van der Waals surface area contributed by atoms with Gasteiger partial charge in [0.15, 0.2) is 11.5 Å². The van der Waals surface area contributed by atoms with Gasteiger partial charge in [0.05, 0.1) is 23.9 Å². The Bertz CT molecular complexity index is 658. The lowest BCUT2D eigenvalue weighted by atomic mass is 10.2. The quantitative estimate of drug-likeness (QED) is 0.763. The lowest BCUT2D eigenvalue weighted by molar-refractivity contribution is -0.122. The van der Waals surface area contributed by atoms with Gasteiger partial charge in [-0.3, -0.25) is 9.48 Å². The molecule has 6 nitrogen and oxygen atoms in total. The minimum absolute atomic E-state index is 0.104. The molecular formula is C16H20BrN3O3. The van der Waals surface area contributed by atoms with Gasteiger partial charge in [-0.15, -0.1) is 0 Å². The number of nitrogens with one attached hydrogen (secondary N) is 1. The van der Waals surface area contributed by atoms with Crippen LogP contribution in [0.25, 0.3) is 0 Å². The molecule has 1 aromatic heterocycles. The Hall–Kier alpha value is -2.02. The molecule has 0 atom stereocenters. The van der Waals surface area contributed by atoms with E-state index in [-0.39, 0.29) is 12.5 Å². The highest BCUT2D eigenvalue weighted by atomic mass is 79.9. The molecule has 0 fully saturated rings. The molecule has 124 valence electrons. The number of carbonyl (C=O) groups is 1. The average molecular weight is 382 g/mol. The summed E-state index contributed by atoms with van der Waals surface area (Å²) in [4.78, 5) is 11.9. The molecule has 2 rings (SSSR count). The number of carbonyl (C=O) groups excluding carboxylic acids is 1. The van der Waals surface area contributed by atoms with Crippen LogP contribution in [-0.2, 0) is 17.9 Å². The molecule has 0 spiro atoms. The third-order valence-electron chi connectivity index (χ3n) is 3.00. The van der Waals surface area contributed by atoms with Crippen LogP contribution in [0.5, 0.6) is 11.5 Å². The SMILES string of the molecule is CCOc1ccc(CNC(=O)Cn2cc(Br)cn2)cc1OCC. The number of aromatic nitrogens is 2. The topological polar surface area (TPSA) is 65.4 Å². The molecule has 0 saturated carbocycles. The molecule has 0 aliphatic rings. The molecular weight excluding hydrogens is 362 g/mol. The van der Waals surface area contributed by atoms with E-state index < -0.39 is 0 Å². The number of rotatable bonds is 8. The van der Waals surface area contributed by atoms with Crippen molar-refractivity contribution in [1.29, 1.82) is 0 Å². The maximum Gasteiger partial charge on any atom is 0.241 e. The van der Waals surface area contributed by atoms with Crippen molar-refractivity contribution in [2.45, 2.75) is 26.9 Å². The normalized spacial score (nSPS) is 10.4. The van der Waals surface area contributed by atoms with Gasteiger partial charge < -0.3 is 14.8 Å². The maximum absolute atomic E-state index is 11.9. The van der Waals surface area contributed by atoms with E-state index in [4.69, 9.17) is 9.47 Å². The fraction of sp³-hybridized carbons (Fsp3) is 0.375. The number of amides is 1. The van der Waals surface area contributed by atoms with Gasteiger partial charge in [0.25, 0.3) is 0 Å². The van der Waals surface area contributed by atoms with E-state index in [0.29, 0.717) is 31.3 Å². The van der Waals surface area contributed by atoms with Crippen molar-refractivity contribution in [3.8, 4) is 11.5 Å². The summed E-state index contributed by atoms with van der Waals surface area (Å²) in [6.45, 7) is 5.60. The number of benzene rings is 1. The van der Waals surface area contributed by atoms with Gasteiger partial charge in [-0.05, 0) is 47.5 Å². The van der Waals surface area contributed by atoms with Gasteiger partial charge in [0.1, 0.15) is 6.54 Å². The predicted molar refractivity (Wildman–Crippen MR) is 90.6 cm³/mol. The molecule has 0 unspecified atom stereocenters. The first-order valence-electron chi connectivity index (χ1n) is 7.45. The fourth-order valence-electron chi connectivity index (χ4n) is 2.03. The lowest BCUT2D eigenvalue weighted by Crippen LogP contribution is -2.27. The molecule has 1 aromatic carbocycles. The third kappa shape index (κ3) is 5.28. The second-order valence-electron chi connectivity index (χ2n) is 4.78. The average Bonchev–Trinajstić information content (AvgIpc) is 2.93. The van der Waals surface area contributed by atoms with E-state index in [1.807, 2.05) is 32.0 Å². The summed E-state index contributed by atoms with van der Waals surface area (Å²) in [5.74, 6) is 1.30. The van der Waals surface area contributed by atoms with Crippen molar-refractivity contribution in [3.63, 3.8) is 0 Å². The number of hydrogen-bond acceptors (Lipinski definition) is 4. The fourth-order valence-corrected chi connectivity index (χ4v) is 2.36. The second kappa shape index (κ2) is 8.57. The van der Waals surface area contributed by atoms with Gasteiger partial charge in [0.2, 0.25) is 5.91 Å². The first-order chi connectivity index (χ1) is 11.1. The molecule has 7 heteroatoms. The van der Waals surface area contributed by atoms with Crippen molar-refractivity contribution in [1.82, 2.24) is 15.1 Å². The van der Waals surface area contributed by atoms with E-state index in [2.05, 4.69) is 26.3 Å². The lowest BCUT2D eigenvalue weighted by Gasteiger charge is -2.13. The summed E-state index contributed by atoms with van der Waals surface area (Å²) in [6.07, 6.45) is 3.40. The standard InChI is InChI=1S/C16H20BrN3O3/c1-3-22-14-6-5-12(7-15(14)23-4-2)8-18-16(21)11-20-10-13(17)9-19-20/h5-7,9-10H,3-4,8,11H2,1-2H3,(H,18,21). The second-order valence-corrected chi connectivity index (χ2v) is 5.70. The van der Waals surface area contributed by atoms with Gasteiger partial charge >= 0.3 is 0 Å². The van der Waals surface area contributed by atoms with E-state index in [1.165, 1.54) is 0 Å². The Morgan fingerprint density at radius 2 is 2.00 bits per heavy atom. The molecule has 23 heavy (non-hydrogen) atoms. The highest BCUT2D eigenvalue weighted by Crippen LogP contribution is 2.28. The molecule has 0 aliphatic heterocycles. The van der Waals surface area contributed by atoms with Crippen LogP contribution in [0.15, 0.2) is 35.1 Å². The Balaban J connectivity index is 1.94. The minimum Gasteiger partial charge on any atom is -0.490 e. The van der Waals surface area contributed by atoms with Crippen LogP contribution in [0.2, 0.25) is 0 Å². The van der Waals surface area contributed by atoms with Crippen molar-refractivity contribution in [2.75, 3.05) is 13.2 Å². The zero-order valence-electron chi connectivity index (χ0n) is 13.2. The number of nitrogens with zero attached hydrogens (tertiary/aromatic N) is 2. The summed E-state index contributed by atoms with van der Waals surface area (Å²) in [7, 11) is 0. The molecule has 2 aromatic rings. The Morgan fingerprint density at radius 1 is 1.26 bits per heavy atom. The van der Waals surface area contributed by atoms with Crippen LogP contribution >= 0.6 is 15.9 Å². The monoisotopic (exact) mass is 381 g/mol. The highest BCUT2D eigenvalue weighted by Gasteiger charge is 2.08. The molecule has 0 radical (unpaired) electrons. The van der Waals surface area contributed by atoms with E-state index in [9.17, 15) is 4.79 Å². The van der Waals surface area contributed by atoms with Gasteiger partial charge in [-0.2, -0.15) is 5.10 Å². The van der Waals surface area contributed by atoms with Crippen LogP contribution in [0.1, 0.15) is 19.4 Å². The third-order valence-corrected chi connectivity index (χ3v) is 3.41. The molecule has 0 saturated heterocycles. The summed E-state index contributed by atoms with van der Waals surface area (Å²) in [5, 5.41) is 6.92. The van der Waals surface area contributed by atoms with E-state index in [0.717, 1.165) is 10.0 Å². The summed E-state index contributed by atoms with van der Waals surface area (Å²) in [6, 6.07) is 5.66. The largest absolute Gasteiger partial charge is 0.490 e. The van der Waals surface area contributed by atoms with Gasteiger partial charge in [0, 0.05) is 12.7 Å². The summed E-state index contributed by atoms with van der Waals surface area (Å²) < 4.78 is 13.5. The molecule has 1 N–H and O–H groups in total. The minimum atomic E-state index is -0.104. The van der Waals surface area contributed by atoms with Gasteiger partial charge in [-0.25, -0.2) is 0 Å². The van der Waals surface area contributed by atoms with Crippen molar-refractivity contribution in [3.05, 3.63) is 40.6 Å². The van der Waals surface area contributed by atoms with E-state index in [1.54, 1.807) is 17.1 Å². The zero-order valence-corrected chi connectivity index (χ0v) is 14.8. The molecule has 0 bridgehead atoms. The predicted octanol–water partition coefficient (Wildman–Crippen LogP) is 2.76. The Kier molecular flexibility index (Phi) is 6.46. The molecule has 1 heterocycles. The number of hydrogen-bond donors (Lipinski definition) is 1. The van der Waals surface area contributed by atoms with Crippen molar-refractivity contribution < 1.29 is 14.3 Å². The highest BCUT2D eigenvalue weighted by molar-refractivity contribution is 9.10. The maximum atomic E-state index is 11.9. The van der Waals surface area contributed by atoms with Crippen molar-refractivity contribution in [2.24, 2.45) is 0 Å².